The van der Waals surface area contributed by atoms with Crippen molar-refractivity contribution in [3.63, 3.8) is 0 Å². The molecule has 7 nitrogen and oxygen atoms in total. The van der Waals surface area contributed by atoms with Crippen molar-refractivity contribution < 1.29 is 23.1 Å². The van der Waals surface area contributed by atoms with Gasteiger partial charge in [0.05, 0.1) is 11.8 Å². The summed E-state index contributed by atoms with van der Waals surface area (Å²) in [7, 11) is -3.51. The number of carboxylic acids is 1. The molecule has 0 radical (unpaired) electrons. The first-order valence-corrected chi connectivity index (χ1v) is 10.9. The lowest BCUT2D eigenvalue weighted by molar-refractivity contribution is -0.151. The number of nitrogens with zero attached hydrogens (tertiary/aromatic N) is 2. The van der Waals surface area contributed by atoms with Crippen LogP contribution in [0.15, 0.2) is 33.9 Å². The summed E-state index contributed by atoms with van der Waals surface area (Å²) in [5, 5.41) is 11.2. The maximum Gasteiger partial charge on any atom is 0.307 e. The number of sulfonamides is 1. The first-order valence-electron chi connectivity index (χ1n) is 8.63. The van der Waals surface area contributed by atoms with Gasteiger partial charge in [0, 0.05) is 26.2 Å². The summed E-state index contributed by atoms with van der Waals surface area (Å²) in [4.78, 5) is 26.2. The molecule has 4 rings (SSSR count). The number of hydrogen-bond donors (Lipinski definition) is 1. The smallest absolute Gasteiger partial charge is 0.307 e. The standard InChI is InChI=1S/C17H20N2O5S2/c20-16(14-11-3-4-12(10-11)15(14)17(21)22)18-5-7-19(8-6-18)26(23,24)13-2-1-9-25-13/h1-4,9,11-12,14-15H,5-8,10H2,(H,21,22)/t11-,12+,14+,15+/m1/s1. The van der Waals surface area contributed by atoms with Gasteiger partial charge in [0.1, 0.15) is 4.21 Å². The van der Waals surface area contributed by atoms with E-state index in [1.165, 1.54) is 15.6 Å². The third-order valence-corrected chi connectivity index (χ3v) is 8.94. The fraction of sp³-hybridized carbons (Fsp3) is 0.529. The Labute approximate surface area is 156 Å². The molecule has 140 valence electrons. The average Bonchev–Trinajstić information content (AvgIpc) is 3.37. The monoisotopic (exact) mass is 396 g/mol. The predicted molar refractivity (Wildman–Crippen MR) is 95.0 cm³/mol. The van der Waals surface area contributed by atoms with Gasteiger partial charge in [0.25, 0.3) is 10.0 Å². The van der Waals surface area contributed by atoms with Crippen LogP contribution in [0, 0.1) is 23.7 Å². The van der Waals surface area contributed by atoms with Gasteiger partial charge in [-0.3, -0.25) is 9.59 Å². The molecular formula is C17H20N2O5S2. The molecule has 3 aliphatic rings. The van der Waals surface area contributed by atoms with Gasteiger partial charge in [0.15, 0.2) is 0 Å². The van der Waals surface area contributed by atoms with E-state index in [0.717, 1.165) is 6.42 Å². The Morgan fingerprint density at radius 1 is 1.08 bits per heavy atom. The van der Waals surface area contributed by atoms with E-state index in [4.69, 9.17) is 0 Å². The largest absolute Gasteiger partial charge is 0.481 e. The molecule has 4 atom stereocenters. The number of amides is 1. The highest BCUT2D eigenvalue weighted by Crippen LogP contribution is 2.48. The Morgan fingerprint density at radius 3 is 2.31 bits per heavy atom. The fourth-order valence-electron chi connectivity index (χ4n) is 4.39. The van der Waals surface area contributed by atoms with Crippen molar-refractivity contribution in [3.8, 4) is 0 Å². The van der Waals surface area contributed by atoms with Crippen LogP contribution in [0.1, 0.15) is 6.42 Å². The second-order valence-corrected chi connectivity index (χ2v) is 10.1. The fourth-order valence-corrected chi connectivity index (χ4v) is 6.96. The van der Waals surface area contributed by atoms with E-state index in [1.807, 2.05) is 12.2 Å². The van der Waals surface area contributed by atoms with Crippen LogP contribution in [0.25, 0.3) is 0 Å². The molecule has 2 bridgehead atoms. The Balaban J connectivity index is 1.44. The van der Waals surface area contributed by atoms with Gasteiger partial charge < -0.3 is 10.0 Å². The van der Waals surface area contributed by atoms with Crippen LogP contribution in [0.5, 0.6) is 0 Å². The third kappa shape index (κ3) is 2.78. The molecule has 1 saturated carbocycles. The molecule has 2 heterocycles. The molecule has 1 saturated heterocycles. The number of rotatable bonds is 4. The lowest BCUT2D eigenvalue weighted by Crippen LogP contribution is -2.53. The van der Waals surface area contributed by atoms with Crippen molar-refractivity contribution in [2.24, 2.45) is 23.7 Å². The Bertz CT molecular complexity index is 841. The number of piperazine rings is 1. The molecule has 1 N–H and O–H groups in total. The summed E-state index contributed by atoms with van der Waals surface area (Å²) in [5.41, 5.74) is 0. The van der Waals surface area contributed by atoms with Gasteiger partial charge in [0.2, 0.25) is 5.91 Å². The summed E-state index contributed by atoms with van der Waals surface area (Å²) >= 11 is 1.18. The molecule has 0 unspecified atom stereocenters. The van der Waals surface area contributed by atoms with Gasteiger partial charge in [-0.15, -0.1) is 11.3 Å². The zero-order chi connectivity index (χ0) is 18.5. The highest BCUT2D eigenvalue weighted by Gasteiger charge is 2.52. The van der Waals surface area contributed by atoms with E-state index in [0.29, 0.717) is 17.3 Å². The summed E-state index contributed by atoms with van der Waals surface area (Å²) in [6.45, 7) is 1.07. The van der Waals surface area contributed by atoms with Crippen LogP contribution in [0.3, 0.4) is 0 Å². The van der Waals surface area contributed by atoms with Crippen LogP contribution >= 0.6 is 11.3 Å². The number of aliphatic carboxylic acids is 1. The lowest BCUT2D eigenvalue weighted by atomic mass is 9.82. The zero-order valence-electron chi connectivity index (χ0n) is 14.0. The van der Waals surface area contributed by atoms with E-state index in [-0.39, 0.29) is 30.8 Å². The van der Waals surface area contributed by atoms with E-state index < -0.39 is 27.8 Å². The molecule has 2 fully saturated rings. The van der Waals surface area contributed by atoms with Crippen LogP contribution < -0.4 is 0 Å². The normalized spacial score (nSPS) is 31.5. The van der Waals surface area contributed by atoms with E-state index >= 15 is 0 Å². The Morgan fingerprint density at radius 2 is 1.73 bits per heavy atom. The summed E-state index contributed by atoms with van der Waals surface area (Å²) < 4.78 is 26.9. The quantitative estimate of drug-likeness (QED) is 0.769. The van der Waals surface area contributed by atoms with E-state index in [2.05, 4.69) is 0 Å². The zero-order valence-corrected chi connectivity index (χ0v) is 15.7. The minimum absolute atomic E-state index is 0.0125. The molecule has 9 heteroatoms. The predicted octanol–water partition coefficient (Wildman–Crippen LogP) is 1.10. The van der Waals surface area contributed by atoms with Crippen LogP contribution in [0.4, 0.5) is 0 Å². The molecule has 0 spiro atoms. The number of carbonyl (C=O) groups is 2. The maximum absolute atomic E-state index is 13.0. The topological polar surface area (TPSA) is 95.0 Å². The molecule has 1 aromatic heterocycles. The van der Waals surface area contributed by atoms with Gasteiger partial charge in [-0.1, -0.05) is 18.2 Å². The van der Waals surface area contributed by atoms with E-state index in [9.17, 15) is 23.1 Å². The molecule has 1 amide bonds. The van der Waals surface area contributed by atoms with Crippen molar-refractivity contribution in [1.29, 1.82) is 0 Å². The number of hydrogen-bond acceptors (Lipinski definition) is 5. The number of thiophene rings is 1. The first-order chi connectivity index (χ1) is 12.4. The highest BCUT2D eigenvalue weighted by atomic mass is 32.2. The molecule has 0 aromatic carbocycles. The van der Waals surface area contributed by atoms with Gasteiger partial charge in [-0.05, 0) is 29.7 Å². The number of carboxylic acid groups (broad SMARTS) is 1. The van der Waals surface area contributed by atoms with Gasteiger partial charge >= 0.3 is 5.97 Å². The molecule has 2 aliphatic carbocycles. The van der Waals surface area contributed by atoms with Crippen molar-refractivity contribution in [2.45, 2.75) is 10.6 Å². The summed E-state index contributed by atoms with van der Waals surface area (Å²) in [5.74, 6) is -2.33. The summed E-state index contributed by atoms with van der Waals surface area (Å²) in [6, 6.07) is 3.28. The van der Waals surface area contributed by atoms with Gasteiger partial charge in [-0.2, -0.15) is 4.31 Å². The van der Waals surface area contributed by atoms with Gasteiger partial charge in [-0.25, -0.2) is 8.42 Å². The number of allylic oxidation sites excluding steroid dienone is 2. The Kier molecular flexibility index (Phi) is 4.40. The van der Waals surface area contributed by atoms with Crippen molar-refractivity contribution in [2.75, 3.05) is 26.2 Å². The molecule has 26 heavy (non-hydrogen) atoms. The van der Waals surface area contributed by atoms with Crippen molar-refractivity contribution in [1.82, 2.24) is 9.21 Å². The van der Waals surface area contributed by atoms with E-state index in [1.54, 1.807) is 22.4 Å². The molecular weight excluding hydrogens is 376 g/mol. The second kappa shape index (κ2) is 6.47. The lowest BCUT2D eigenvalue weighted by Gasteiger charge is -2.37. The number of carbonyl (C=O) groups excluding carboxylic acids is 1. The SMILES string of the molecule is O=C(O)[C@@H]1[C@@H](C(=O)N2CCN(S(=O)(=O)c3cccs3)CC2)[C@@H]2C=C[C@H]1C2. The summed E-state index contributed by atoms with van der Waals surface area (Å²) in [6.07, 6.45) is 4.60. The minimum atomic E-state index is -3.51. The van der Waals surface area contributed by atoms with Crippen molar-refractivity contribution in [3.05, 3.63) is 29.7 Å². The van der Waals surface area contributed by atoms with Crippen molar-refractivity contribution >= 4 is 33.2 Å². The third-order valence-electron chi connectivity index (χ3n) is 5.67. The van der Waals surface area contributed by atoms with Crippen LogP contribution in [-0.4, -0.2) is 60.8 Å². The molecule has 1 aliphatic heterocycles. The molecule has 1 aromatic rings. The highest BCUT2D eigenvalue weighted by molar-refractivity contribution is 7.91. The Hall–Kier alpha value is -1.71. The van der Waals surface area contributed by atoms with Crippen LogP contribution in [0.2, 0.25) is 0 Å². The number of fused-ring (bicyclic) bond motifs is 2. The average molecular weight is 396 g/mol. The second-order valence-electron chi connectivity index (χ2n) is 7.00. The van der Waals surface area contributed by atoms with Crippen LogP contribution in [-0.2, 0) is 19.6 Å². The minimum Gasteiger partial charge on any atom is -0.481 e. The first kappa shape index (κ1) is 17.7. The maximum atomic E-state index is 13.0.